The second-order valence-electron chi connectivity index (χ2n) is 4.24. The summed E-state index contributed by atoms with van der Waals surface area (Å²) in [6.45, 7) is 2.83. The van der Waals surface area contributed by atoms with E-state index in [4.69, 9.17) is 19.3 Å². The number of hydrogen-bond acceptors (Lipinski definition) is 5. The first-order chi connectivity index (χ1) is 8.79. The van der Waals surface area contributed by atoms with Gasteiger partial charge in [-0.1, -0.05) is 0 Å². The fourth-order valence-corrected chi connectivity index (χ4v) is 1.74. The Balaban J connectivity index is 1.73. The van der Waals surface area contributed by atoms with Crippen LogP contribution in [0.5, 0.6) is 17.2 Å². The van der Waals surface area contributed by atoms with Gasteiger partial charge in [0.2, 0.25) is 6.79 Å². The summed E-state index contributed by atoms with van der Waals surface area (Å²) in [5, 5.41) is 8.72. The molecule has 18 heavy (non-hydrogen) atoms. The van der Waals surface area contributed by atoms with Gasteiger partial charge in [-0.05, 0) is 25.6 Å². The molecule has 0 saturated carbocycles. The maximum atomic E-state index is 8.72. The Hall–Kier alpha value is -1.46. The molecule has 2 rings (SSSR count). The van der Waals surface area contributed by atoms with Gasteiger partial charge < -0.3 is 24.2 Å². The van der Waals surface area contributed by atoms with E-state index in [1.807, 2.05) is 25.2 Å². The number of ether oxygens (including phenoxy) is 3. The lowest BCUT2D eigenvalue weighted by atomic mass is 10.3. The number of aliphatic hydroxyl groups excluding tert-OH is 1. The average molecular weight is 253 g/mol. The summed E-state index contributed by atoms with van der Waals surface area (Å²) in [7, 11) is 2.01. The molecule has 0 amide bonds. The summed E-state index contributed by atoms with van der Waals surface area (Å²) in [5.74, 6) is 2.29. The SMILES string of the molecule is CN(CCCO)CCOc1ccc2c(c1)OCO2. The van der Waals surface area contributed by atoms with Crippen LogP contribution in [0.25, 0.3) is 0 Å². The van der Waals surface area contributed by atoms with Crippen molar-refractivity contribution in [1.29, 1.82) is 0 Å². The maximum Gasteiger partial charge on any atom is 0.231 e. The Morgan fingerprint density at radius 2 is 2.11 bits per heavy atom. The number of benzene rings is 1. The summed E-state index contributed by atoms with van der Waals surface area (Å²) < 4.78 is 16.2. The van der Waals surface area contributed by atoms with Crippen LogP contribution in [0.15, 0.2) is 18.2 Å². The third-order valence-electron chi connectivity index (χ3n) is 2.78. The molecule has 0 radical (unpaired) electrons. The number of likely N-dealkylation sites (N-methyl/N-ethyl adjacent to an activating group) is 1. The van der Waals surface area contributed by atoms with Crippen LogP contribution in [0.1, 0.15) is 6.42 Å². The van der Waals surface area contributed by atoms with Crippen molar-refractivity contribution in [3.05, 3.63) is 18.2 Å². The van der Waals surface area contributed by atoms with E-state index < -0.39 is 0 Å². The Bertz CT molecular complexity index is 383. The van der Waals surface area contributed by atoms with Crippen molar-refractivity contribution in [3.63, 3.8) is 0 Å². The standard InChI is InChI=1S/C13H19NO4/c1-14(5-2-7-15)6-8-16-11-3-4-12-13(9-11)18-10-17-12/h3-4,9,15H,2,5-8,10H2,1H3. The molecule has 1 aliphatic heterocycles. The minimum atomic E-state index is 0.230. The molecule has 1 heterocycles. The Morgan fingerprint density at radius 3 is 2.94 bits per heavy atom. The molecule has 1 aromatic carbocycles. The lowest BCUT2D eigenvalue weighted by molar-refractivity contribution is 0.173. The molecule has 100 valence electrons. The smallest absolute Gasteiger partial charge is 0.231 e. The first kappa shape index (κ1) is 13.0. The Labute approximate surface area is 107 Å². The van der Waals surface area contributed by atoms with Gasteiger partial charge in [-0.15, -0.1) is 0 Å². The van der Waals surface area contributed by atoms with Crippen LogP contribution in [-0.2, 0) is 0 Å². The van der Waals surface area contributed by atoms with Gasteiger partial charge in [0.25, 0.3) is 0 Å². The zero-order valence-corrected chi connectivity index (χ0v) is 10.6. The third kappa shape index (κ3) is 3.51. The van der Waals surface area contributed by atoms with E-state index >= 15 is 0 Å². The number of nitrogens with zero attached hydrogens (tertiary/aromatic N) is 1. The predicted octanol–water partition coefficient (Wildman–Crippen LogP) is 1.11. The summed E-state index contributed by atoms with van der Waals surface area (Å²) >= 11 is 0. The van der Waals surface area contributed by atoms with Crippen LogP contribution in [0.4, 0.5) is 0 Å². The molecular weight excluding hydrogens is 234 g/mol. The molecule has 1 N–H and O–H groups in total. The Kier molecular flexibility index (Phi) is 4.66. The van der Waals surface area contributed by atoms with Crippen molar-refractivity contribution in [1.82, 2.24) is 4.90 Å². The Morgan fingerprint density at radius 1 is 1.28 bits per heavy atom. The van der Waals surface area contributed by atoms with Gasteiger partial charge in [0.05, 0.1) is 0 Å². The van der Waals surface area contributed by atoms with Gasteiger partial charge in [0.1, 0.15) is 12.4 Å². The molecule has 1 aliphatic rings. The average Bonchev–Trinajstić information content (AvgIpc) is 2.83. The summed E-state index contributed by atoms with van der Waals surface area (Å²) in [6.07, 6.45) is 0.792. The molecule has 0 spiro atoms. The zero-order valence-electron chi connectivity index (χ0n) is 10.6. The molecule has 0 unspecified atom stereocenters. The van der Waals surface area contributed by atoms with Crippen LogP contribution in [0, 0.1) is 0 Å². The second-order valence-corrected chi connectivity index (χ2v) is 4.24. The van der Waals surface area contributed by atoms with E-state index in [-0.39, 0.29) is 13.4 Å². The normalized spacial score (nSPS) is 13.1. The quantitative estimate of drug-likeness (QED) is 0.789. The zero-order chi connectivity index (χ0) is 12.8. The monoisotopic (exact) mass is 253 g/mol. The lowest BCUT2D eigenvalue weighted by Crippen LogP contribution is -2.25. The highest BCUT2D eigenvalue weighted by Crippen LogP contribution is 2.34. The topological polar surface area (TPSA) is 51.2 Å². The first-order valence-electron chi connectivity index (χ1n) is 6.11. The summed E-state index contributed by atoms with van der Waals surface area (Å²) in [6, 6.07) is 5.57. The molecule has 0 bridgehead atoms. The van der Waals surface area contributed by atoms with Crippen molar-refractivity contribution in [2.45, 2.75) is 6.42 Å². The number of fused-ring (bicyclic) bond motifs is 1. The van der Waals surface area contributed by atoms with Gasteiger partial charge in [-0.25, -0.2) is 0 Å². The molecule has 0 saturated heterocycles. The van der Waals surface area contributed by atoms with E-state index in [0.717, 1.165) is 36.8 Å². The van der Waals surface area contributed by atoms with Crippen LogP contribution < -0.4 is 14.2 Å². The fourth-order valence-electron chi connectivity index (χ4n) is 1.74. The molecule has 1 aromatic rings. The van der Waals surface area contributed by atoms with Crippen molar-refractivity contribution in [3.8, 4) is 17.2 Å². The minimum Gasteiger partial charge on any atom is -0.492 e. The number of rotatable bonds is 7. The predicted molar refractivity (Wildman–Crippen MR) is 67.3 cm³/mol. The van der Waals surface area contributed by atoms with E-state index in [1.165, 1.54) is 0 Å². The van der Waals surface area contributed by atoms with Crippen molar-refractivity contribution in [2.75, 3.05) is 40.1 Å². The number of aliphatic hydroxyl groups is 1. The van der Waals surface area contributed by atoms with Crippen LogP contribution in [0.2, 0.25) is 0 Å². The van der Waals surface area contributed by atoms with Gasteiger partial charge in [-0.2, -0.15) is 0 Å². The van der Waals surface area contributed by atoms with Gasteiger partial charge >= 0.3 is 0 Å². The second kappa shape index (κ2) is 6.47. The minimum absolute atomic E-state index is 0.230. The lowest BCUT2D eigenvalue weighted by Gasteiger charge is -2.16. The van der Waals surface area contributed by atoms with E-state index in [1.54, 1.807) is 0 Å². The van der Waals surface area contributed by atoms with Gasteiger partial charge in [0.15, 0.2) is 11.5 Å². The summed E-state index contributed by atoms with van der Waals surface area (Å²) in [5.41, 5.74) is 0. The molecule has 0 fully saturated rings. The van der Waals surface area contributed by atoms with Crippen molar-refractivity contribution < 1.29 is 19.3 Å². The van der Waals surface area contributed by atoms with Crippen molar-refractivity contribution >= 4 is 0 Å². The summed E-state index contributed by atoms with van der Waals surface area (Å²) in [4.78, 5) is 2.13. The van der Waals surface area contributed by atoms with Crippen LogP contribution in [-0.4, -0.2) is 50.2 Å². The van der Waals surface area contributed by atoms with Crippen molar-refractivity contribution in [2.24, 2.45) is 0 Å². The van der Waals surface area contributed by atoms with Crippen LogP contribution >= 0.6 is 0 Å². The van der Waals surface area contributed by atoms with Crippen LogP contribution in [0.3, 0.4) is 0 Å². The van der Waals surface area contributed by atoms with E-state index in [9.17, 15) is 0 Å². The molecule has 0 aromatic heterocycles. The first-order valence-corrected chi connectivity index (χ1v) is 6.11. The molecule has 0 aliphatic carbocycles. The van der Waals surface area contributed by atoms with Gasteiger partial charge in [-0.3, -0.25) is 0 Å². The highest BCUT2D eigenvalue weighted by atomic mass is 16.7. The fraction of sp³-hybridized carbons (Fsp3) is 0.538. The van der Waals surface area contributed by atoms with Gasteiger partial charge in [0, 0.05) is 25.8 Å². The van der Waals surface area contributed by atoms with E-state index in [2.05, 4.69) is 4.90 Å². The number of hydrogen-bond donors (Lipinski definition) is 1. The molecule has 5 nitrogen and oxygen atoms in total. The third-order valence-corrected chi connectivity index (χ3v) is 2.78. The highest BCUT2D eigenvalue weighted by molar-refractivity contribution is 5.46. The molecular formula is C13H19NO4. The molecule has 0 atom stereocenters. The van der Waals surface area contributed by atoms with E-state index in [0.29, 0.717) is 6.61 Å². The largest absolute Gasteiger partial charge is 0.492 e. The molecule has 5 heteroatoms. The highest BCUT2D eigenvalue weighted by Gasteiger charge is 2.13. The maximum absolute atomic E-state index is 8.72.